The molecule has 0 spiro atoms. The van der Waals surface area contributed by atoms with E-state index in [-0.39, 0.29) is 0 Å². The van der Waals surface area contributed by atoms with Crippen LogP contribution >= 0.6 is 11.6 Å². The first-order chi connectivity index (χ1) is 7.33. The average molecular weight is 226 g/mol. The van der Waals surface area contributed by atoms with Gasteiger partial charge in [0.1, 0.15) is 13.2 Å². The second-order valence-corrected chi connectivity index (χ2v) is 3.53. The van der Waals surface area contributed by atoms with E-state index in [1.807, 2.05) is 18.2 Å². The van der Waals surface area contributed by atoms with E-state index < -0.39 is 0 Å². The van der Waals surface area contributed by atoms with Crippen molar-refractivity contribution in [2.24, 2.45) is 5.73 Å². The SMILES string of the molecule is NC/C=C/c1c(Cl)ccc2c1OCCO2. The monoisotopic (exact) mass is 225 g/mol. The van der Waals surface area contributed by atoms with Gasteiger partial charge in [-0.3, -0.25) is 0 Å². The second kappa shape index (κ2) is 4.55. The van der Waals surface area contributed by atoms with E-state index in [4.69, 9.17) is 26.8 Å². The quantitative estimate of drug-likeness (QED) is 0.838. The van der Waals surface area contributed by atoms with Gasteiger partial charge in [0.25, 0.3) is 0 Å². The number of halogens is 1. The molecule has 1 heterocycles. The minimum atomic E-state index is 0.473. The van der Waals surface area contributed by atoms with Crippen LogP contribution in [0.1, 0.15) is 5.56 Å². The number of rotatable bonds is 2. The molecule has 0 amide bonds. The van der Waals surface area contributed by atoms with Crippen molar-refractivity contribution in [3.8, 4) is 11.5 Å². The van der Waals surface area contributed by atoms with Gasteiger partial charge in [0.2, 0.25) is 0 Å². The van der Waals surface area contributed by atoms with Crippen LogP contribution < -0.4 is 15.2 Å². The Morgan fingerprint density at radius 2 is 2.13 bits per heavy atom. The molecule has 2 rings (SSSR count). The lowest BCUT2D eigenvalue weighted by molar-refractivity contribution is 0.171. The summed E-state index contributed by atoms with van der Waals surface area (Å²) in [5, 5.41) is 0.643. The minimum Gasteiger partial charge on any atom is -0.486 e. The molecule has 15 heavy (non-hydrogen) atoms. The van der Waals surface area contributed by atoms with Crippen molar-refractivity contribution in [2.75, 3.05) is 19.8 Å². The van der Waals surface area contributed by atoms with Gasteiger partial charge < -0.3 is 15.2 Å². The molecule has 0 radical (unpaired) electrons. The van der Waals surface area contributed by atoms with E-state index in [1.165, 1.54) is 0 Å². The third-order valence-corrected chi connectivity index (χ3v) is 2.44. The summed E-state index contributed by atoms with van der Waals surface area (Å²) in [6, 6.07) is 3.61. The molecule has 3 nitrogen and oxygen atoms in total. The molecule has 0 fully saturated rings. The molecule has 0 saturated carbocycles. The van der Waals surface area contributed by atoms with Crippen LogP contribution in [0.3, 0.4) is 0 Å². The fourth-order valence-electron chi connectivity index (χ4n) is 1.45. The van der Waals surface area contributed by atoms with E-state index in [2.05, 4.69) is 0 Å². The van der Waals surface area contributed by atoms with Gasteiger partial charge in [-0.15, -0.1) is 0 Å². The highest BCUT2D eigenvalue weighted by Crippen LogP contribution is 2.38. The number of hydrogen-bond acceptors (Lipinski definition) is 3. The summed E-state index contributed by atoms with van der Waals surface area (Å²) in [6.45, 7) is 1.60. The molecule has 0 unspecified atom stereocenters. The average Bonchev–Trinajstić information content (AvgIpc) is 2.28. The highest BCUT2D eigenvalue weighted by molar-refractivity contribution is 6.32. The second-order valence-electron chi connectivity index (χ2n) is 3.12. The standard InChI is InChI=1S/C11H12ClNO2/c12-9-3-4-10-11(15-7-6-14-10)8(9)2-1-5-13/h1-4H,5-7,13H2/b2-1+. The lowest BCUT2D eigenvalue weighted by atomic mass is 10.1. The zero-order valence-electron chi connectivity index (χ0n) is 8.20. The Morgan fingerprint density at radius 1 is 1.33 bits per heavy atom. The van der Waals surface area contributed by atoms with Crippen LogP contribution in [-0.4, -0.2) is 19.8 Å². The van der Waals surface area contributed by atoms with Crippen molar-refractivity contribution in [3.05, 3.63) is 28.8 Å². The summed E-state index contributed by atoms with van der Waals surface area (Å²) in [5.41, 5.74) is 6.23. The van der Waals surface area contributed by atoms with Crippen LogP contribution in [0.2, 0.25) is 5.02 Å². The molecule has 0 atom stereocenters. The molecule has 1 aromatic rings. The van der Waals surface area contributed by atoms with Crippen LogP contribution in [0.4, 0.5) is 0 Å². The van der Waals surface area contributed by atoms with Gasteiger partial charge in [0, 0.05) is 12.1 Å². The van der Waals surface area contributed by atoms with Gasteiger partial charge in [0.15, 0.2) is 11.5 Å². The Hall–Kier alpha value is -1.19. The molecule has 4 heteroatoms. The maximum absolute atomic E-state index is 6.07. The number of benzene rings is 1. The molecule has 0 bridgehead atoms. The molecular weight excluding hydrogens is 214 g/mol. The number of nitrogens with two attached hydrogens (primary N) is 1. The first-order valence-electron chi connectivity index (χ1n) is 4.77. The fourth-order valence-corrected chi connectivity index (χ4v) is 1.67. The zero-order valence-corrected chi connectivity index (χ0v) is 8.96. The molecule has 2 N–H and O–H groups in total. The van der Waals surface area contributed by atoms with E-state index >= 15 is 0 Å². The Labute approximate surface area is 93.4 Å². The van der Waals surface area contributed by atoms with Crippen LogP contribution in [-0.2, 0) is 0 Å². The van der Waals surface area contributed by atoms with Gasteiger partial charge in [-0.2, -0.15) is 0 Å². The summed E-state index contributed by atoms with van der Waals surface area (Å²) in [4.78, 5) is 0. The maximum atomic E-state index is 6.07. The Bertz CT molecular complexity index is 390. The third kappa shape index (κ3) is 2.08. The normalized spacial score (nSPS) is 14.5. The lowest BCUT2D eigenvalue weighted by Crippen LogP contribution is -2.16. The van der Waals surface area contributed by atoms with Gasteiger partial charge in [-0.1, -0.05) is 23.8 Å². The maximum Gasteiger partial charge on any atom is 0.170 e. The van der Waals surface area contributed by atoms with Crippen molar-refractivity contribution in [1.29, 1.82) is 0 Å². The predicted molar refractivity (Wildman–Crippen MR) is 60.5 cm³/mol. The molecule has 1 aliphatic rings. The molecule has 80 valence electrons. The molecule has 0 aromatic heterocycles. The molecule has 0 aliphatic carbocycles. The first kappa shape index (κ1) is 10.3. The van der Waals surface area contributed by atoms with Crippen LogP contribution in [0, 0.1) is 0 Å². The zero-order chi connectivity index (χ0) is 10.7. The lowest BCUT2D eigenvalue weighted by Gasteiger charge is -2.20. The van der Waals surface area contributed by atoms with E-state index in [0.717, 1.165) is 11.3 Å². The summed E-state index contributed by atoms with van der Waals surface area (Å²) >= 11 is 6.07. The largest absolute Gasteiger partial charge is 0.486 e. The van der Waals surface area contributed by atoms with Crippen molar-refractivity contribution >= 4 is 17.7 Å². The summed E-state index contributed by atoms with van der Waals surface area (Å²) < 4.78 is 11.0. The van der Waals surface area contributed by atoms with Crippen molar-refractivity contribution in [1.82, 2.24) is 0 Å². The Kier molecular flexibility index (Phi) is 3.14. The van der Waals surface area contributed by atoms with Crippen LogP contribution in [0.25, 0.3) is 6.08 Å². The first-order valence-corrected chi connectivity index (χ1v) is 5.15. The van der Waals surface area contributed by atoms with E-state index in [9.17, 15) is 0 Å². The third-order valence-electron chi connectivity index (χ3n) is 2.11. The molecule has 1 aliphatic heterocycles. The van der Waals surface area contributed by atoms with Crippen molar-refractivity contribution in [2.45, 2.75) is 0 Å². The summed E-state index contributed by atoms with van der Waals surface area (Å²) in [7, 11) is 0. The van der Waals surface area contributed by atoms with Gasteiger partial charge in [0.05, 0.1) is 5.02 Å². The molecule has 0 saturated heterocycles. The Balaban J connectivity index is 2.45. The smallest absolute Gasteiger partial charge is 0.170 e. The van der Waals surface area contributed by atoms with Crippen LogP contribution in [0.15, 0.2) is 18.2 Å². The number of fused-ring (bicyclic) bond motifs is 1. The van der Waals surface area contributed by atoms with E-state index in [1.54, 1.807) is 6.07 Å². The van der Waals surface area contributed by atoms with Gasteiger partial charge in [-0.05, 0) is 12.1 Å². The molecular formula is C11H12ClNO2. The van der Waals surface area contributed by atoms with Gasteiger partial charge >= 0.3 is 0 Å². The summed E-state index contributed by atoms with van der Waals surface area (Å²) in [6.07, 6.45) is 3.69. The van der Waals surface area contributed by atoms with Crippen molar-refractivity contribution in [3.63, 3.8) is 0 Å². The van der Waals surface area contributed by atoms with E-state index in [0.29, 0.717) is 30.5 Å². The van der Waals surface area contributed by atoms with Crippen LogP contribution in [0.5, 0.6) is 11.5 Å². The minimum absolute atomic E-state index is 0.473. The van der Waals surface area contributed by atoms with Gasteiger partial charge in [-0.25, -0.2) is 0 Å². The van der Waals surface area contributed by atoms with Crippen molar-refractivity contribution < 1.29 is 9.47 Å². The number of hydrogen-bond donors (Lipinski definition) is 1. The number of ether oxygens (including phenoxy) is 2. The summed E-state index contributed by atoms with van der Waals surface area (Å²) in [5.74, 6) is 1.45. The Morgan fingerprint density at radius 3 is 2.93 bits per heavy atom. The topological polar surface area (TPSA) is 44.5 Å². The highest BCUT2D eigenvalue weighted by Gasteiger charge is 2.16. The molecule has 1 aromatic carbocycles. The predicted octanol–water partition coefficient (Wildman–Crippen LogP) is 2.08. The highest BCUT2D eigenvalue weighted by atomic mass is 35.5. The fraction of sp³-hybridized carbons (Fsp3) is 0.273.